The molecule has 1 heterocycles. The van der Waals surface area contributed by atoms with Crippen molar-refractivity contribution in [3.63, 3.8) is 0 Å². The first-order valence-corrected chi connectivity index (χ1v) is 9.21. The van der Waals surface area contributed by atoms with Crippen molar-refractivity contribution in [1.29, 1.82) is 0 Å². The topological polar surface area (TPSA) is 81.2 Å². The third kappa shape index (κ3) is 4.45. The zero-order valence-corrected chi connectivity index (χ0v) is 15.5. The molecule has 0 saturated carbocycles. The average Bonchev–Trinajstić information content (AvgIpc) is 2.73. The second-order valence-corrected chi connectivity index (χ2v) is 6.78. The standard InChI is InChI=1S/C22H18FN3O3/c23-16-8-6-14(7-9-16)15-10-19-18(20(27)11-15)12-24-22(25-19)26-21(28)13-29-17-4-2-1-3-5-17/h1-9,12,15H,10-11,13H2,(H,24,25,26,28)/t15-/m0/s1. The van der Waals surface area contributed by atoms with E-state index < -0.39 is 5.91 Å². The van der Waals surface area contributed by atoms with Gasteiger partial charge in [-0.1, -0.05) is 30.3 Å². The molecule has 0 spiro atoms. The Balaban J connectivity index is 1.45. The van der Waals surface area contributed by atoms with Gasteiger partial charge in [0.2, 0.25) is 5.95 Å². The first-order valence-electron chi connectivity index (χ1n) is 9.21. The number of halogens is 1. The highest BCUT2D eigenvalue weighted by Gasteiger charge is 2.28. The van der Waals surface area contributed by atoms with Crippen LogP contribution in [-0.2, 0) is 11.2 Å². The van der Waals surface area contributed by atoms with Crippen LogP contribution < -0.4 is 10.1 Å². The first kappa shape index (κ1) is 18.7. The van der Waals surface area contributed by atoms with E-state index in [1.807, 2.05) is 18.2 Å². The molecule has 0 radical (unpaired) electrons. The molecule has 29 heavy (non-hydrogen) atoms. The lowest BCUT2D eigenvalue weighted by molar-refractivity contribution is -0.118. The number of nitrogens with one attached hydrogen (secondary N) is 1. The van der Waals surface area contributed by atoms with E-state index in [4.69, 9.17) is 4.74 Å². The van der Waals surface area contributed by atoms with Crippen molar-refractivity contribution in [2.75, 3.05) is 11.9 Å². The Morgan fingerprint density at radius 1 is 1.10 bits per heavy atom. The fraction of sp³-hybridized carbons (Fsp3) is 0.182. The van der Waals surface area contributed by atoms with Crippen LogP contribution in [0.15, 0.2) is 60.8 Å². The molecule has 0 bridgehead atoms. The fourth-order valence-corrected chi connectivity index (χ4v) is 3.30. The van der Waals surface area contributed by atoms with Gasteiger partial charge >= 0.3 is 0 Å². The number of para-hydroxylation sites is 1. The molecule has 1 aromatic heterocycles. The summed E-state index contributed by atoms with van der Waals surface area (Å²) in [5.41, 5.74) is 1.91. The number of rotatable bonds is 5. The van der Waals surface area contributed by atoms with Crippen LogP contribution in [0.3, 0.4) is 0 Å². The van der Waals surface area contributed by atoms with Gasteiger partial charge in [0.1, 0.15) is 11.6 Å². The minimum atomic E-state index is -0.397. The molecule has 1 N–H and O–H groups in total. The molecular formula is C22H18FN3O3. The molecule has 1 amide bonds. The number of ketones is 1. The minimum Gasteiger partial charge on any atom is -0.484 e. The van der Waals surface area contributed by atoms with Crippen LogP contribution in [0.2, 0.25) is 0 Å². The van der Waals surface area contributed by atoms with Crippen molar-refractivity contribution < 1.29 is 18.7 Å². The summed E-state index contributed by atoms with van der Waals surface area (Å²) >= 11 is 0. The first-order chi connectivity index (χ1) is 14.1. The van der Waals surface area contributed by atoms with Gasteiger partial charge in [-0.25, -0.2) is 14.4 Å². The molecule has 6 nitrogen and oxygen atoms in total. The Morgan fingerprint density at radius 2 is 1.86 bits per heavy atom. The number of hydrogen-bond donors (Lipinski definition) is 1. The monoisotopic (exact) mass is 391 g/mol. The number of anilines is 1. The summed E-state index contributed by atoms with van der Waals surface area (Å²) < 4.78 is 18.6. The molecule has 0 aliphatic heterocycles. The van der Waals surface area contributed by atoms with Crippen LogP contribution in [0, 0.1) is 5.82 Å². The number of benzene rings is 2. The number of nitrogens with zero attached hydrogens (tertiary/aromatic N) is 2. The summed E-state index contributed by atoms with van der Waals surface area (Å²) in [5, 5.41) is 2.59. The van der Waals surface area contributed by atoms with E-state index in [-0.39, 0.29) is 30.1 Å². The normalized spacial score (nSPS) is 15.5. The predicted molar refractivity (Wildman–Crippen MR) is 104 cm³/mol. The maximum atomic E-state index is 13.2. The second kappa shape index (κ2) is 8.18. The van der Waals surface area contributed by atoms with Gasteiger partial charge in [-0.3, -0.25) is 14.9 Å². The molecule has 7 heteroatoms. The lowest BCUT2D eigenvalue weighted by atomic mass is 9.82. The maximum Gasteiger partial charge on any atom is 0.264 e. The van der Waals surface area contributed by atoms with Crippen molar-refractivity contribution in [1.82, 2.24) is 9.97 Å². The lowest BCUT2D eigenvalue weighted by Crippen LogP contribution is -2.24. The number of carbonyl (C=O) groups excluding carboxylic acids is 2. The van der Waals surface area contributed by atoms with Crippen molar-refractivity contribution >= 4 is 17.6 Å². The Morgan fingerprint density at radius 3 is 2.62 bits per heavy atom. The molecule has 0 fully saturated rings. The van der Waals surface area contributed by atoms with E-state index in [2.05, 4.69) is 15.3 Å². The number of amides is 1. The average molecular weight is 391 g/mol. The fourth-order valence-electron chi connectivity index (χ4n) is 3.30. The number of aromatic nitrogens is 2. The van der Waals surface area contributed by atoms with Gasteiger partial charge in [0, 0.05) is 12.6 Å². The smallest absolute Gasteiger partial charge is 0.264 e. The molecule has 0 unspecified atom stereocenters. The van der Waals surface area contributed by atoms with Crippen molar-refractivity contribution in [3.05, 3.63) is 83.4 Å². The molecule has 2 aromatic carbocycles. The Bertz CT molecular complexity index is 1040. The molecule has 0 saturated heterocycles. The zero-order valence-electron chi connectivity index (χ0n) is 15.5. The molecule has 146 valence electrons. The summed E-state index contributed by atoms with van der Waals surface area (Å²) in [6.07, 6.45) is 2.27. The van der Waals surface area contributed by atoms with Crippen LogP contribution in [0.5, 0.6) is 5.75 Å². The van der Waals surface area contributed by atoms with Gasteiger partial charge in [-0.05, 0) is 42.2 Å². The minimum absolute atomic E-state index is 0.0640. The highest BCUT2D eigenvalue weighted by molar-refractivity contribution is 5.99. The van der Waals surface area contributed by atoms with E-state index in [0.717, 1.165) is 5.56 Å². The van der Waals surface area contributed by atoms with Gasteiger partial charge in [0.05, 0.1) is 11.3 Å². The summed E-state index contributed by atoms with van der Waals surface area (Å²) in [7, 11) is 0. The van der Waals surface area contributed by atoms with Crippen LogP contribution in [0.4, 0.5) is 10.3 Å². The Kier molecular flexibility index (Phi) is 5.29. The number of Topliss-reactive ketones (excluding diaryl/α,β-unsaturated/α-hetero) is 1. The maximum absolute atomic E-state index is 13.2. The van der Waals surface area contributed by atoms with Crippen molar-refractivity contribution in [2.45, 2.75) is 18.8 Å². The number of ether oxygens (including phenoxy) is 1. The van der Waals surface area contributed by atoms with Crippen LogP contribution in [0.1, 0.15) is 34.0 Å². The van der Waals surface area contributed by atoms with E-state index >= 15 is 0 Å². The summed E-state index contributed by atoms with van der Waals surface area (Å²) in [6.45, 7) is -0.179. The summed E-state index contributed by atoms with van der Waals surface area (Å²) in [6, 6.07) is 15.1. The SMILES string of the molecule is O=C(COc1ccccc1)Nc1ncc2c(n1)C[C@H](c1ccc(F)cc1)CC2=O. The molecule has 4 rings (SSSR count). The molecule has 1 atom stereocenters. The van der Waals surface area contributed by atoms with Crippen molar-refractivity contribution in [3.8, 4) is 5.75 Å². The van der Waals surface area contributed by atoms with Crippen LogP contribution in [-0.4, -0.2) is 28.3 Å². The molecular weight excluding hydrogens is 373 g/mol. The van der Waals surface area contributed by atoms with Gasteiger partial charge in [0.25, 0.3) is 5.91 Å². The van der Waals surface area contributed by atoms with E-state index in [1.54, 1.807) is 24.3 Å². The van der Waals surface area contributed by atoms with Gasteiger partial charge in [0.15, 0.2) is 12.4 Å². The predicted octanol–water partition coefficient (Wildman–Crippen LogP) is 3.55. The number of hydrogen-bond acceptors (Lipinski definition) is 5. The second-order valence-electron chi connectivity index (χ2n) is 6.78. The highest BCUT2D eigenvalue weighted by Crippen LogP contribution is 2.32. The molecule has 1 aliphatic carbocycles. The third-order valence-electron chi connectivity index (χ3n) is 4.75. The largest absolute Gasteiger partial charge is 0.484 e. The van der Waals surface area contributed by atoms with E-state index in [9.17, 15) is 14.0 Å². The van der Waals surface area contributed by atoms with E-state index in [1.165, 1.54) is 18.3 Å². The summed E-state index contributed by atoms with van der Waals surface area (Å²) in [4.78, 5) is 33.0. The van der Waals surface area contributed by atoms with Gasteiger partial charge in [-0.2, -0.15) is 0 Å². The van der Waals surface area contributed by atoms with Gasteiger partial charge in [-0.15, -0.1) is 0 Å². The third-order valence-corrected chi connectivity index (χ3v) is 4.75. The van der Waals surface area contributed by atoms with E-state index in [0.29, 0.717) is 29.8 Å². The quantitative estimate of drug-likeness (QED) is 0.719. The summed E-state index contributed by atoms with van der Waals surface area (Å²) in [5.74, 6) is -0.159. The number of carbonyl (C=O) groups is 2. The van der Waals surface area contributed by atoms with Crippen molar-refractivity contribution in [2.24, 2.45) is 0 Å². The Labute approximate surface area is 166 Å². The van der Waals surface area contributed by atoms with Crippen LogP contribution >= 0.6 is 0 Å². The highest BCUT2D eigenvalue weighted by atomic mass is 19.1. The zero-order chi connectivity index (χ0) is 20.2. The number of fused-ring (bicyclic) bond motifs is 1. The molecule has 3 aromatic rings. The van der Waals surface area contributed by atoms with Gasteiger partial charge < -0.3 is 4.74 Å². The lowest BCUT2D eigenvalue weighted by Gasteiger charge is -2.23. The Hall–Kier alpha value is -3.61. The molecule has 1 aliphatic rings. The van der Waals surface area contributed by atoms with Crippen LogP contribution in [0.25, 0.3) is 0 Å².